The summed E-state index contributed by atoms with van der Waals surface area (Å²) in [6, 6.07) is 16.6. The third-order valence-electron chi connectivity index (χ3n) is 11.4. The monoisotopic (exact) mass is 1040 g/mol. The molecule has 6 atom stereocenters. The van der Waals surface area contributed by atoms with E-state index >= 15 is 0 Å². The molecule has 1 saturated heterocycles. The van der Waals surface area contributed by atoms with Crippen molar-refractivity contribution in [2.75, 3.05) is 27.9 Å². The van der Waals surface area contributed by atoms with Crippen molar-refractivity contribution in [1.82, 2.24) is 5.32 Å². The van der Waals surface area contributed by atoms with Crippen LogP contribution >= 0.6 is 0 Å². The first-order valence-electron chi connectivity index (χ1n) is 22.6. The van der Waals surface area contributed by atoms with E-state index in [-0.39, 0.29) is 45.3 Å². The zero-order valence-electron chi connectivity index (χ0n) is 41.4. The van der Waals surface area contributed by atoms with Crippen molar-refractivity contribution in [3.05, 3.63) is 99.3 Å². The van der Waals surface area contributed by atoms with Crippen molar-refractivity contribution in [2.45, 2.75) is 77.3 Å². The number of methoxy groups -OCH3 is 3. The predicted octanol–water partition coefficient (Wildman–Crippen LogP) is 5.35. The van der Waals surface area contributed by atoms with Gasteiger partial charge in [-0.2, -0.15) is 0 Å². The fraction of sp³-hybridized carbons (Fsp3) is 0.308. The number of esters is 5. The lowest BCUT2D eigenvalue weighted by atomic mass is 9.88. The lowest BCUT2D eigenvalue weighted by Gasteiger charge is -2.48. The Balaban J connectivity index is 1.42. The van der Waals surface area contributed by atoms with Gasteiger partial charge >= 0.3 is 35.6 Å². The summed E-state index contributed by atoms with van der Waals surface area (Å²) in [5.41, 5.74) is -0.955. The van der Waals surface area contributed by atoms with Crippen LogP contribution in [0.1, 0.15) is 41.0 Å². The molecule has 0 bridgehead atoms. The molecule has 0 radical (unpaired) electrons. The minimum atomic E-state index is -2.91. The van der Waals surface area contributed by atoms with E-state index in [1.807, 2.05) is 0 Å². The maximum atomic E-state index is 14.5. The van der Waals surface area contributed by atoms with Crippen LogP contribution < -0.4 is 35.1 Å². The van der Waals surface area contributed by atoms with Crippen LogP contribution in [0.3, 0.4) is 0 Å². The highest BCUT2D eigenvalue weighted by Gasteiger charge is 2.60. The van der Waals surface area contributed by atoms with E-state index in [9.17, 15) is 48.6 Å². The summed E-state index contributed by atoms with van der Waals surface area (Å²) in [4.78, 5) is 105. The maximum absolute atomic E-state index is 14.5. The van der Waals surface area contributed by atoms with E-state index in [1.54, 1.807) is 24.3 Å². The van der Waals surface area contributed by atoms with Crippen LogP contribution in [-0.4, -0.2) is 110 Å². The summed E-state index contributed by atoms with van der Waals surface area (Å²) in [7, 11) is 3.77. The second kappa shape index (κ2) is 22.3. The van der Waals surface area contributed by atoms with Gasteiger partial charge in [0, 0.05) is 76.1 Å². The van der Waals surface area contributed by atoms with Crippen molar-refractivity contribution in [1.29, 1.82) is 0 Å². The van der Waals surface area contributed by atoms with Crippen molar-refractivity contribution in [2.24, 2.45) is 0 Å². The molecule has 0 aliphatic carbocycles. The Morgan fingerprint density at radius 1 is 0.693 bits per heavy atom. The molecule has 23 nitrogen and oxygen atoms in total. The summed E-state index contributed by atoms with van der Waals surface area (Å²) in [5, 5.41) is 24.7. The van der Waals surface area contributed by atoms with Gasteiger partial charge in [0.1, 0.15) is 75.3 Å². The number of hydrogen-bond acceptors (Lipinski definition) is 22. The van der Waals surface area contributed by atoms with Gasteiger partial charge in [-0.15, -0.1) is 0 Å². The third-order valence-corrected chi connectivity index (χ3v) is 11.4. The van der Waals surface area contributed by atoms with Crippen molar-refractivity contribution >= 4 is 57.7 Å². The van der Waals surface area contributed by atoms with E-state index in [1.165, 1.54) is 50.6 Å². The Labute approximate surface area is 424 Å². The van der Waals surface area contributed by atoms with Crippen LogP contribution in [-0.2, 0) is 57.2 Å². The minimum absolute atomic E-state index is 0.00277. The summed E-state index contributed by atoms with van der Waals surface area (Å²) >= 11 is 0. The largest absolute Gasteiger partial charge is 0.507 e. The average molecular weight is 1040 g/mol. The van der Waals surface area contributed by atoms with Crippen LogP contribution in [0.2, 0.25) is 0 Å². The van der Waals surface area contributed by atoms with Crippen LogP contribution in [0.25, 0.3) is 44.6 Å². The van der Waals surface area contributed by atoms with Crippen LogP contribution in [0.5, 0.6) is 40.2 Å². The first-order valence-corrected chi connectivity index (χ1v) is 22.6. The molecule has 0 spiro atoms. The Kier molecular flexibility index (Phi) is 16.0. The van der Waals surface area contributed by atoms with Gasteiger partial charge in [-0.05, 0) is 48.5 Å². The summed E-state index contributed by atoms with van der Waals surface area (Å²) < 4.78 is 69.1. The zero-order valence-corrected chi connectivity index (χ0v) is 41.4. The molecule has 3 heterocycles. The number of carbonyl (C=O) groups is 6. The molecule has 1 amide bonds. The topological polar surface area (TPSA) is 308 Å². The molecule has 23 heteroatoms. The number of nitrogens with one attached hydrogen (secondary N) is 1. The number of phenols is 2. The normalized spacial score (nSPS) is 17.9. The van der Waals surface area contributed by atoms with E-state index < -0.39 is 119 Å². The molecule has 1 aliphatic heterocycles. The number of rotatable bonds is 17. The van der Waals surface area contributed by atoms with E-state index in [0.717, 1.165) is 59.9 Å². The standard InChI is InChI=1S/C52H49NO22/c1-24(54)53-46-42(68-26(3)56)22-52(51(63)66-8,75-50(46)49(70-28(5)58)43(69-27(4)57)23-67-25(2)55)74-41-21-40-45(36(61)20-38(73-40)29-9-13-31(64-6)14-10-29)47(62)48(41)71-32-15-11-30(12-16-32)37-19-35(60)44-34(59)17-33(65-7)18-39(44)72-37/h9-21,42-43,46,49-50,59,62H,22-23H2,1-8H3,(H,53,54)/t42-,43+,46+,49+,50+,52+/m0/s1. The zero-order chi connectivity index (χ0) is 54.5. The molecule has 3 N–H and O–H groups in total. The quantitative estimate of drug-likeness (QED) is 0.0765. The van der Waals surface area contributed by atoms with Gasteiger partial charge < -0.3 is 71.7 Å². The van der Waals surface area contributed by atoms with Gasteiger partial charge in [0.15, 0.2) is 34.6 Å². The third kappa shape index (κ3) is 11.9. The maximum Gasteiger partial charge on any atom is 0.379 e. The fourth-order valence-corrected chi connectivity index (χ4v) is 8.32. The van der Waals surface area contributed by atoms with Crippen LogP contribution in [0.15, 0.2) is 97.3 Å². The number of aromatic hydroxyl groups is 2. The Morgan fingerprint density at radius 3 is 1.80 bits per heavy atom. The van der Waals surface area contributed by atoms with Gasteiger partial charge in [-0.25, -0.2) is 4.79 Å². The number of amides is 1. The molecule has 4 aromatic carbocycles. The number of hydrogen-bond donors (Lipinski definition) is 3. The molecular weight excluding hydrogens is 991 g/mol. The van der Waals surface area contributed by atoms with Gasteiger partial charge in [0.2, 0.25) is 11.7 Å². The number of ether oxygens (including phenoxy) is 10. The molecule has 2 aromatic heterocycles. The number of carbonyl (C=O) groups excluding carboxylic acids is 6. The van der Waals surface area contributed by atoms with E-state index in [2.05, 4.69) is 5.32 Å². The lowest BCUT2D eigenvalue weighted by Crippen LogP contribution is -2.70. The first kappa shape index (κ1) is 53.7. The Morgan fingerprint density at radius 2 is 1.27 bits per heavy atom. The molecule has 7 rings (SSSR count). The van der Waals surface area contributed by atoms with Gasteiger partial charge in [-0.3, -0.25) is 33.6 Å². The van der Waals surface area contributed by atoms with Crippen LogP contribution in [0, 0.1) is 0 Å². The molecule has 6 aromatic rings. The highest BCUT2D eigenvalue weighted by molar-refractivity contribution is 5.91. The molecule has 0 unspecified atom stereocenters. The van der Waals surface area contributed by atoms with Crippen molar-refractivity contribution in [3.8, 4) is 62.9 Å². The summed E-state index contributed by atoms with van der Waals surface area (Å²) in [6.45, 7) is 4.33. The molecule has 1 aliphatic rings. The Bertz CT molecular complexity index is 3310. The first-order chi connectivity index (χ1) is 35.6. The predicted molar refractivity (Wildman–Crippen MR) is 258 cm³/mol. The lowest BCUT2D eigenvalue weighted by molar-refractivity contribution is -0.289. The molecule has 75 heavy (non-hydrogen) atoms. The van der Waals surface area contributed by atoms with Crippen molar-refractivity contribution < 1.29 is 95.2 Å². The number of fused-ring (bicyclic) bond motifs is 2. The van der Waals surface area contributed by atoms with Gasteiger partial charge in [0.25, 0.3) is 0 Å². The molecular formula is C52H49NO22. The minimum Gasteiger partial charge on any atom is -0.507 e. The molecule has 1 fully saturated rings. The molecule has 394 valence electrons. The Hall–Kier alpha value is -9.12. The van der Waals surface area contributed by atoms with Gasteiger partial charge in [-0.1, -0.05) is 0 Å². The second-order valence-corrected chi connectivity index (χ2v) is 16.8. The second-order valence-electron chi connectivity index (χ2n) is 16.8. The number of benzene rings is 4. The highest BCUT2D eigenvalue weighted by atomic mass is 16.7. The summed E-state index contributed by atoms with van der Waals surface area (Å²) in [5.74, 6) is -10.7. The van der Waals surface area contributed by atoms with Gasteiger partial charge in [0.05, 0.1) is 33.8 Å². The van der Waals surface area contributed by atoms with Crippen molar-refractivity contribution in [3.63, 3.8) is 0 Å². The SMILES string of the molecule is COC(=O)[C@@]1(Oc2cc3oc(-c4ccc(OC)cc4)cc(=O)c3c(O)c2Oc2ccc(-c3cc(=O)c4c(O)cc(OC)cc4o3)cc2)C[C@H](OC(C)=O)[C@@H](NC(C)=O)[C@H]([C@H](OC(C)=O)[C@@H](COC(C)=O)OC(C)=O)O1. The van der Waals surface area contributed by atoms with E-state index in [0.29, 0.717) is 16.9 Å². The smallest absolute Gasteiger partial charge is 0.379 e. The number of phenolic OH excluding ortho intramolecular Hbond substituents is 2. The van der Waals surface area contributed by atoms with E-state index in [4.69, 9.17) is 56.2 Å². The summed E-state index contributed by atoms with van der Waals surface area (Å²) in [6.07, 6.45) is -8.12. The molecule has 0 saturated carbocycles. The van der Waals surface area contributed by atoms with Crippen LogP contribution in [0.4, 0.5) is 0 Å². The average Bonchev–Trinajstić information content (AvgIpc) is 3.35. The fourth-order valence-electron chi connectivity index (χ4n) is 8.32. The highest BCUT2D eigenvalue weighted by Crippen LogP contribution is 2.48.